The molecule has 180 valence electrons. The fourth-order valence-corrected chi connectivity index (χ4v) is 295. The molecule has 0 amide bonds. The molecule has 10 heteroatoms. The SMILES string of the molecule is C[Si](C)[Si](C)(C)[Si](C)(C)[Si](C)(C)[Si](C)(C)[Si](C)(C)[Si](C)(C)[Si](C)(C)[Si](C)(C)[Si](C)C. The van der Waals surface area contributed by atoms with Crippen molar-refractivity contribution in [2.24, 2.45) is 0 Å². The molecule has 0 fully saturated rings. The summed E-state index contributed by atoms with van der Waals surface area (Å²) in [5.41, 5.74) is 0. The Morgan fingerprint density at radius 1 is 0.267 bits per heavy atom. The van der Waals surface area contributed by atoms with Crippen molar-refractivity contribution in [2.45, 2.75) is 131 Å². The Kier molecular flexibility index (Phi) is 9.64. The summed E-state index contributed by atoms with van der Waals surface area (Å²) in [4.78, 5) is 0. The van der Waals surface area contributed by atoms with Gasteiger partial charge in [-0.2, -0.15) is 0 Å². The summed E-state index contributed by atoms with van der Waals surface area (Å²) in [6, 6.07) is 0. The second-order valence-corrected chi connectivity index (χ2v) is 123. The fraction of sp³-hybridized carbons (Fsp3) is 1.00. The second-order valence-electron chi connectivity index (χ2n) is 15.0. The van der Waals surface area contributed by atoms with E-state index in [2.05, 4.69) is 131 Å². The first-order chi connectivity index (χ1) is 12.6. The molecule has 0 unspecified atom stereocenters. The number of hydrogen-bond acceptors (Lipinski definition) is 0. The molecule has 30 heavy (non-hydrogen) atoms. The lowest BCUT2D eigenvalue weighted by Gasteiger charge is -2.66. The van der Waals surface area contributed by atoms with Crippen LogP contribution in [0, 0.1) is 0 Å². The highest BCUT2D eigenvalue weighted by molar-refractivity contribution is 8.06. The van der Waals surface area contributed by atoms with E-state index in [1.807, 2.05) is 0 Å². The predicted octanol–water partition coefficient (Wildman–Crippen LogP) is 7.87. The van der Waals surface area contributed by atoms with Crippen LogP contribution in [-0.4, -0.2) is 73.5 Å². The van der Waals surface area contributed by atoms with Crippen LogP contribution in [-0.2, 0) is 0 Å². The van der Waals surface area contributed by atoms with Crippen molar-refractivity contribution in [3.8, 4) is 0 Å². The molecule has 0 nitrogen and oxygen atoms in total. The maximum absolute atomic E-state index is 2.97. The molecule has 0 saturated heterocycles. The van der Waals surface area contributed by atoms with Crippen LogP contribution >= 0.6 is 0 Å². The van der Waals surface area contributed by atoms with Crippen LogP contribution in [0.1, 0.15) is 0 Å². The summed E-state index contributed by atoms with van der Waals surface area (Å²) >= 11 is 0. The topological polar surface area (TPSA) is 0 Å². The molecular weight excluding hydrogens is 521 g/mol. The Morgan fingerprint density at radius 3 is 0.533 bits per heavy atom. The van der Waals surface area contributed by atoms with Crippen molar-refractivity contribution < 1.29 is 0 Å². The van der Waals surface area contributed by atoms with Crippen molar-refractivity contribution in [3.05, 3.63) is 0 Å². The van der Waals surface area contributed by atoms with E-state index < -0.39 is 56.9 Å². The van der Waals surface area contributed by atoms with Gasteiger partial charge in [0.1, 0.15) is 0 Å². The van der Waals surface area contributed by atoms with Gasteiger partial charge in [-0.05, 0) is 0 Å². The van der Waals surface area contributed by atoms with Gasteiger partial charge in [-0.1, -0.05) is 131 Å². The van der Waals surface area contributed by atoms with E-state index in [9.17, 15) is 0 Å². The minimum atomic E-state index is -1.29. The highest BCUT2D eigenvalue weighted by Crippen LogP contribution is 2.46. The Labute approximate surface area is 203 Å². The maximum Gasteiger partial charge on any atom is 0.0307 e. The minimum absolute atomic E-state index is 0.148. The minimum Gasteiger partial charge on any atom is -0.0735 e. The average molecular weight is 582 g/mol. The first kappa shape index (κ1) is 32.2. The number of hydrogen-bond donors (Lipinski definition) is 0. The first-order valence-electron chi connectivity index (χ1n) is 12.2. The molecule has 0 aliphatic heterocycles. The van der Waals surface area contributed by atoms with Crippen molar-refractivity contribution >= 4 is 73.5 Å². The molecule has 2 radical (unpaired) electrons. The van der Waals surface area contributed by atoms with E-state index in [4.69, 9.17) is 0 Å². The van der Waals surface area contributed by atoms with Crippen LogP contribution in [0.15, 0.2) is 0 Å². The molecule has 0 aromatic heterocycles. The third-order valence-corrected chi connectivity index (χ3v) is 224. The van der Waals surface area contributed by atoms with Gasteiger partial charge in [0.05, 0.1) is 0 Å². The lowest BCUT2D eigenvalue weighted by Crippen LogP contribution is -2.93. The summed E-state index contributed by atoms with van der Waals surface area (Å²) in [6.07, 6.45) is 0. The first-order valence-corrected chi connectivity index (χ1v) is 50.2. The smallest absolute Gasteiger partial charge is 0.0307 e. The van der Waals surface area contributed by atoms with E-state index in [0.717, 1.165) is 0 Å². The van der Waals surface area contributed by atoms with Crippen molar-refractivity contribution in [3.63, 3.8) is 0 Å². The van der Waals surface area contributed by atoms with Crippen molar-refractivity contribution in [2.75, 3.05) is 0 Å². The highest BCUT2D eigenvalue weighted by atomic mass is 30.1. The fourth-order valence-electron chi connectivity index (χ4n) is 5.94. The quantitative estimate of drug-likeness (QED) is 0.243. The molecule has 0 bridgehead atoms. The predicted molar refractivity (Wildman–Crippen MR) is 175 cm³/mol. The van der Waals surface area contributed by atoms with Gasteiger partial charge in [0.2, 0.25) is 0 Å². The van der Waals surface area contributed by atoms with Gasteiger partial charge in [0.15, 0.2) is 0 Å². The van der Waals surface area contributed by atoms with Gasteiger partial charge >= 0.3 is 0 Å². The Hall–Kier alpha value is 2.17. The Balaban J connectivity index is 6.82. The van der Waals surface area contributed by atoms with Crippen LogP contribution < -0.4 is 0 Å². The molecule has 0 aliphatic carbocycles. The summed E-state index contributed by atoms with van der Waals surface area (Å²) in [6.45, 7) is 57.4. The number of rotatable bonds is 9. The Bertz CT molecular complexity index is 559. The van der Waals surface area contributed by atoms with E-state index in [1.165, 1.54) is 0 Å². The molecule has 0 rings (SSSR count). The van der Waals surface area contributed by atoms with E-state index in [-0.39, 0.29) is 16.6 Å². The van der Waals surface area contributed by atoms with Crippen LogP contribution in [0.3, 0.4) is 0 Å². The lowest BCUT2D eigenvalue weighted by atomic mass is 11.9. The van der Waals surface area contributed by atoms with E-state index >= 15 is 0 Å². The maximum atomic E-state index is 2.97. The monoisotopic (exact) mass is 580 g/mol. The Morgan fingerprint density at radius 2 is 0.400 bits per heavy atom. The van der Waals surface area contributed by atoms with Gasteiger partial charge in [-0.25, -0.2) is 0 Å². The summed E-state index contributed by atoms with van der Waals surface area (Å²) in [7, 11) is -9.97. The van der Waals surface area contributed by atoms with Crippen LogP contribution in [0.2, 0.25) is 131 Å². The van der Waals surface area contributed by atoms with Crippen molar-refractivity contribution in [1.82, 2.24) is 0 Å². The summed E-state index contributed by atoms with van der Waals surface area (Å²) in [5, 5.41) is 0. The van der Waals surface area contributed by atoms with Crippen LogP contribution in [0.5, 0.6) is 0 Å². The molecule has 0 atom stereocenters. The molecule has 0 aromatic rings. The molecule has 0 aliphatic rings. The van der Waals surface area contributed by atoms with Gasteiger partial charge in [0.25, 0.3) is 0 Å². The molecule has 0 N–H and O–H groups in total. The molecule has 0 heterocycles. The standard InChI is InChI=1S/C20H60Si10/c1-21(2)23(5,6)25(9,10)27(13,14)29(17,18)30(19,20)28(15,16)26(11,12)24(7,8)22(3)4/h1-20H3. The third kappa shape index (κ3) is 4.31. The second kappa shape index (κ2) is 8.99. The van der Waals surface area contributed by atoms with Gasteiger partial charge in [0, 0.05) is 73.5 Å². The molecule has 0 spiro atoms. The van der Waals surface area contributed by atoms with Crippen LogP contribution in [0.4, 0.5) is 0 Å². The largest absolute Gasteiger partial charge is 0.0735 e. The summed E-state index contributed by atoms with van der Waals surface area (Å²) < 4.78 is 0. The van der Waals surface area contributed by atoms with Gasteiger partial charge < -0.3 is 0 Å². The zero-order valence-corrected chi connectivity index (χ0v) is 35.0. The molecular formula is C20H60Si10. The zero-order valence-electron chi connectivity index (χ0n) is 25.0. The lowest BCUT2D eigenvalue weighted by molar-refractivity contribution is 1.74. The van der Waals surface area contributed by atoms with Crippen LogP contribution in [0.25, 0.3) is 0 Å². The van der Waals surface area contributed by atoms with E-state index in [1.54, 1.807) is 0 Å². The zero-order chi connectivity index (χ0) is 25.2. The van der Waals surface area contributed by atoms with Gasteiger partial charge in [-0.15, -0.1) is 0 Å². The average Bonchev–Trinajstić information content (AvgIpc) is 2.52. The normalized spacial score (nSPS) is 16.6. The highest BCUT2D eigenvalue weighted by Gasteiger charge is 2.69. The molecule has 0 saturated carbocycles. The van der Waals surface area contributed by atoms with Gasteiger partial charge in [-0.3, -0.25) is 0 Å². The third-order valence-electron chi connectivity index (χ3n) is 13.4. The molecule has 0 aromatic carbocycles. The van der Waals surface area contributed by atoms with Crippen molar-refractivity contribution in [1.29, 1.82) is 0 Å². The van der Waals surface area contributed by atoms with E-state index in [0.29, 0.717) is 0 Å². The summed E-state index contributed by atoms with van der Waals surface area (Å²) in [5.74, 6) is 0.